The average molecular weight is 207 g/mol. The standard InChI is InChI=1S/C7H13NO4S/c1-12-5-13-3-2-6(7(10)11)8-4-9/h4,6H,2-3,5H2,1H3,(H,8,9)(H,10,11). The Hall–Kier alpha value is -0.750. The van der Waals surface area contributed by atoms with E-state index in [9.17, 15) is 9.59 Å². The van der Waals surface area contributed by atoms with Gasteiger partial charge in [-0.3, -0.25) is 4.79 Å². The third-order valence-corrected chi connectivity index (χ3v) is 2.25. The summed E-state index contributed by atoms with van der Waals surface area (Å²) in [7, 11) is 1.57. The number of amides is 1. The van der Waals surface area contributed by atoms with Gasteiger partial charge in [-0.1, -0.05) is 0 Å². The van der Waals surface area contributed by atoms with E-state index in [1.54, 1.807) is 7.11 Å². The van der Waals surface area contributed by atoms with Crippen LogP contribution in [0.25, 0.3) is 0 Å². The molecule has 0 spiro atoms. The van der Waals surface area contributed by atoms with Gasteiger partial charge in [0.1, 0.15) is 6.04 Å². The lowest BCUT2D eigenvalue weighted by Crippen LogP contribution is -2.36. The van der Waals surface area contributed by atoms with Crippen LogP contribution >= 0.6 is 11.8 Å². The van der Waals surface area contributed by atoms with E-state index >= 15 is 0 Å². The summed E-state index contributed by atoms with van der Waals surface area (Å²) in [6, 6.07) is -0.790. The highest BCUT2D eigenvalue weighted by Crippen LogP contribution is 2.04. The first kappa shape index (κ1) is 12.2. The van der Waals surface area contributed by atoms with E-state index in [0.717, 1.165) is 0 Å². The van der Waals surface area contributed by atoms with E-state index in [1.807, 2.05) is 0 Å². The van der Waals surface area contributed by atoms with Crippen LogP contribution in [0.4, 0.5) is 0 Å². The van der Waals surface area contributed by atoms with Crippen molar-refractivity contribution in [3.05, 3.63) is 0 Å². The number of carboxylic acids is 1. The molecule has 0 aromatic carbocycles. The molecule has 0 bridgehead atoms. The number of carboxylic acid groups (broad SMARTS) is 1. The molecule has 0 saturated heterocycles. The molecule has 0 aliphatic rings. The van der Waals surface area contributed by atoms with Gasteiger partial charge in [-0.05, 0) is 12.2 Å². The maximum Gasteiger partial charge on any atom is 0.326 e. The Morgan fingerprint density at radius 3 is 2.92 bits per heavy atom. The molecule has 76 valence electrons. The van der Waals surface area contributed by atoms with Crippen molar-refractivity contribution in [2.75, 3.05) is 18.8 Å². The zero-order chi connectivity index (χ0) is 10.1. The van der Waals surface area contributed by atoms with Gasteiger partial charge in [0, 0.05) is 7.11 Å². The molecule has 0 radical (unpaired) electrons. The number of methoxy groups -OCH3 is 1. The van der Waals surface area contributed by atoms with E-state index < -0.39 is 12.0 Å². The van der Waals surface area contributed by atoms with Gasteiger partial charge in [0.05, 0.1) is 5.94 Å². The quantitative estimate of drug-likeness (QED) is 0.330. The van der Waals surface area contributed by atoms with E-state index in [4.69, 9.17) is 9.84 Å². The van der Waals surface area contributed by atoms with Crippen molar-refractivity contribution in [3.63, 3.8) is 0 Å². The lowest BCUT2D eigenvalue weighted by atomic mass is 10.2. The second-order valence-electron chi connectivity index (χ2n) is 2.28. The monoisotopic (exact) mass is 207 g/mol. The minimum Gasteiger partial charge on any atom is -0.480 e. The number of ether oxygens (including phenoxy) is 1. The Kier molecular flexibility index (Phi) is 7.42. The van der Waals surface area contributed by atoms with Gasteiger partial charge in [-0.15, -0.1) is 11.8 Å². The van der Waals surface area contributed by atoms with Crippen molar-refractivity contribution in [2.45, 2.75) is 12.5 Å². The van der Waals surface area contributed by atoms with E-state index in [1.165, 1.54) is 11.8 Å². The number of thioether (sulfide) groups is 1. The zero-order valence-electron chi connectivity index (χ0n) is 7.36. The third kappa shape index (κ3) is 6.41. The predicted molar refractivity (Wildman–Crippen MR) is 49.6 cm³/mol. The molecule has 1 unspecified atom stereocenters. The Labute approximate surface area is 80.8 Å². The number of nitrogens with one attached hydrogen (secondary N) is 1. The van der Waals surface area contributed by atoms with Crippen LogP contribution in [0.5, 0.6) is 0 Å². The first-order valence-electron chi connectivity index (χ1n) is 3.71. The molecule has 0 aliphatic carbocycles. The summed E-state index contributed by atoms with van der Waals surface area (Å²) in [4.78, 5) is 20.5. The number of aliphatic carboxylic acids is 1. The Balaban J connectivity index is 3.56. The Bertz CT molecular complexity index is 165. The molecule has 1 amide bonds. The molecule has 5 nitrogen and oxygen atoms in total. The molecule has 1 atom stereocenters. The van der Waals surface area contributed by atoms with Crippen molar-refractivity contribution in [2.24, 2.45) is 0 Å². The van der Waals surface area contributed by atoms with Crippen molar-refractivity contribution in [3.8, 4) is 0 Å². The van der Waals surface area contributed by atoms with Crippen molar-refractivity contribution >= 4 is 24.1 Å². The van der Waals surface area contributed by atoms with Gasteiger partial charge >= 0.3 is 5.97 Å². The van der Waals surface area contributed by atoms with Crippen LogP contribution in [0.3, 0.4) is 0 Å². The molecule has 0 aromatic heterocycles. The van der Waals surface area contributed by atoms with Gasteiger partial charge in [-0.2, -0.15) is 0 Å². The molecular weight excluding hydrogens is 194 g/mol. The molecule has 6 heteroatoms. The summed E-state index contributed by atoms with van der Waals surface area (Å²) < 4.78 is 4.77. The number of hydrogen-bond donors (Lipinski definition) is 2. The lowest BCUT2D eigenvalue weighted by molar-refractivity contribution is -0.140. The highest BCUT2D eigenvalue weighted by atomic mass is 32.2. The Morgan fingerprint density at radius 1 is 1.77 bits per heavy atom. The molecule has 0 saturated carbocycles. The number of carbonyl (C=O) groups is 2. The van der Waals surface area contributed by atoms with Crippen LogP contribution < -0.4 is 5.32 Å². The largest absolute Gasteiger partial charge is 0.480 e. The molecule has 2 N–H and O–H groups in total. The first-order valence-corrected chi connectivity index (χ1v) is 4.87. The lowest BCUT2D eigenvalue weighted by Gasteiger charge is -2.09. The fourth-order valence-corrected chi connectivity index (χ4v) is 1.39. The summed E-state index contributed by atoms with van der Waals surface area (Å²) in [5, 5.41) is 10.8. The first-order chi connectivity index (χ1) is 6.22. The number of hydrogen-bond acceptors (Lipinski definition) is 4. The SMILES string of the molecule is COCSCCC(NC=O)C(=O)O. The van der Waals surface area contributed by atoms with Gasteiger partial charge in [0.15, 0.2) is 0 Å². The topological polar surface area (TPSA) is 75.6 Å². The van der Waals surface area contributed by atoms with Gasteiger partial charge in [0.25, 0.3) is 0 Å². The average Bonchev–Trinajstić information content (AvgIpc) is 2.10. The Morgan fingerprint density at radius 2 is 2.46 bits per heavy atom. The van der Waals surface area contributed by atoms with Crippen LogP contribution in [0, 0.1) is 0 Å². The maximum atomic E-state index is 10.5. The normalized spacial score (nSPS) is 12.1. The number of rotatable bonds is 8. The minimum absolute atomic E-state index is 0.403. The van der Waals surface area contributed by atoms with Crippen molar-refractivity contribution in [1.82, 2.24) is 5.32 Å². The van der Waals surface area contributed by atoms with Crippen LogP contribution in [0.1, 0.15) is 6.42 Å². The molecule has 0 fully saturated rings. The molecule has 13 heavy (non-hydrogen) atoms. The molecule has 0 aromatic rings. The van der Waals surface area contributed by atoms with E-state index in [2.05, 4.69) is 5.32 Å². The van der Waals surface area contributed by atoms with Crippen LogP contribution in [0.15, 0.2) is 0 Å². The molecule has 0 heterocycles. The zero-order valence-corrected chi connectivity index (χ0v) is 8.17. The van der Waals surface area contributed by atoms with Gasteiger partial charge < -0.3 is 15.2 Å². The van der Waals surface area contributed by atoms with Gasteiger partial charge in [0.2, 0.25) is 6.41 Å². The third-order valence-electron chi connectivity index (χ3n) is 1.32. The second kappa shape index (κ2) is 7.88. The highest BCUT2D eigenvalue weighted by Gasteiger charge is 2.14. The summed E-state index contributed by atoms with van der Waals surface area (Å²) in [6.07, 6.45) is 0.807. The second-order valence-corrected chi connectivity index (χ2v) is 3.33. The van der Waals surface area contributed by atoms with Crippen LogP contribution in [-0.2, 0) is 14.3 Å². The number of carbonyl (C=O) groups excluding carboxylic acids is 1. The summed E-state index contributed by atoms with van der Waals surface area (Å²) in [6.45, 7) is 0. The van der Waals surface area contributed by atoms with Crippen molar-refractivity contribution in [1.29, 1.82) is 0 Å². The van der Waals surface area contributed by atoms with E-state index in [0.29, 0.717) is 24.5 Å². The van der Waals surface area contributed by atoms with Gasteiger partial charge in [-0.25, -0.2) is 4.79 Å². The summed E-state index contributed by atoms with van der Waals surface area (Å²) in [5.41, 5.74) is 0. The summed E-state index contributed by atoms with van der Waals surface area (Å²) >= 11 is 1.48. The fraction of sp³-hybridized carbons (Fsp3) is 0.714. The molecule has 0 aliphatic heterocycles. The van der Waals surface area contributed by atoms with Crippen molar-refractivity contribution < 1.29 is 19.4 Å². The minimum atomic E-state index is -1.01. The maximum absolute atomic E-state index is 10.5. The fourth-order valence-electron chi connectivity index (χ4n) is 0.704. The summed E-state index contributed by atoms with van der Waals surface area (Å²) in [5.74, 6) is 0.170. The van der Waals surface area contributed by atoms with Crippen LogP contribution in [-0.4, -0.2) is 42.3 Å². The predicted octanol–water partition coefficient (Wildman–Crippen LogP) is -0.0872. The van der Waals surface area contributed by atoms with Crippen LogP contribution in [0.2, 0.25) is 0 Å². The van der Waals surface area contributed by atoms with E-state index in [-0.39, 0.29) is 0 Å². The highest BCUT2D eigenvalue weighted by molar-refractivity contribution is 7.99. The molecule has 0 rings (SSSR count). The smallest absolute Gasteiger partial charge is 0.326 e. The molecular formula is C7H13NO4S.